The van der Waals surface area contributed by atoms with Gasteiger partial charge < -0.3 is 10.1 Å². The van der Waals surface area contributed by atoms with Gasteiger partial charge in [-0.05, 0) is 59.2 Å². The molecule has 0 saturated carbocycles. The van der Waals surface area contributed by atoms with Gasteiger partial charge >= 0.3 is 12.5 Å². The summed E-state index contributed by atoms with van der Waals surface area (Å²) < 4.78 is 86.3. The van der Waals surface area contributed by atoms with Gasteiger partial charge in [0.05, 0.1) is 17.2 Å². The molecule has 0 aliphatic rings. The van der Waals surface area contributed by atoms with Crippen LogP contribution < -0.4 is 10.1 Å². The Labute approximate surface area is 225 Å². The zero-order valence-electron chi connectivity index (χ0n) is 20.6. The molecule has 0 aliphatic heterocycles. The Morgan fingerprint density at radius 2 is 1.55 bits per heavy atom. The van der Waals surface area contributed by atoms with Gasteiger partial charge in [0.2, 0.25) is 0 Å². The van der Waals surface area contributed by atoms with Crippen LogP contribution in [0.4, 0.5) is 26.3 Å². The van der Waals surface area contributed by atoms with E-state index in [0.717, 1.165) is 24.3 Å². The van der Waals surface area contributed by atoms with Crippen molar-refractivity contribution in [1.82, 2.24) is 5.32 Å². The van der Waals surface area contributed by atoms with Gasteiger partial charge in [-0.1, -0.05) is 48.5 Å². The summed E-state index contributed by atoms with van der Waals surface area (Å²) in [6, 6.07) is 23.3. The second-order valence-corrected chi connectivity index (χ2v) is 8.86. The van der Waals surface area contributed by atoms with Crippen LogP contribution in [-0.4, -0.2) is 18.4 Å². The van der Waals surface area contributed by atoms with Crippen molar-refractivity contribution in [3.63, 3.8) is 0 Å². The molecule has 0 radical (unpaired) electrons. The fourth-order valence-corrected chi connectivity index (χ4v) is 4.26. The molecule has 0 saturated heterocycles. The maximum absolute atomic E-state index is 14.9. The van der Waals surface area contributed by atoms with Crippen LogP contribution in [0, 0.1) is 23.0 Å². The molecule has 204 valence electrons. The number of halogens is 6. The molecular weight excluding hydrogens is 534 g/mol. The number of hydrogen-bond donors (Lipinski definition) is 1. The highest BCUT2D eigenvalue weighted by molar-refractivity contribution is 5.95. The molecule has 1 N–H and O–H groups in total. The molecule has 10 heteroatoms. The summed E-state index contributed by atoms with van der Waals surface area (Å²) in [5.74, 6) is -3.38. The number of nitrogens with one attached hydrogen (secondary N) is 1. The lowest BCUT2D eigenvalue weighted by Gasteiger charge is -2.37. The molecule has 0 heterocycles. The van der Waals surface area contributed by atoms with Crippen LogP contribution >= 0.6 is 0 Å². The standard InChI is InChI=1S/C30H20F6N2O2/c31-24-11-9-22(10-12-24)29(17-19-5-2-1-3-6-19,38-27(39)21-8-4-7-20(13-21)18-37)23-14-25(32)16-26(15-23)40-30(35,36)28(33)34/h1-16,28H,17H2,(H,38,39)/t29-/m1/s1. The molecule has 0 aliphatic carbocycles. The highest BCUT2D eigenvalue weighted by Crippen LogP contribution is 2.38. The van der Waals surface area contributed by atoms with Gasteiger partial charge in [-0.15, -0.1) is 0 Å². The number of rotatable bonds is 9. The summed E-state index contributed by atoms with van der Waals surface area (Å²) in [5.41, 5.74) is -0.848. The minimum absolute atomic E-state index is 0.0516. The van der Waals surface area contributed by atoms with E-state index in [0.29, 0.717) is 11.6 Å². The number of hydrogen-bond acceptors (Lipinski definition) is 3. The number of amides is 1. The first-order valence-corrected chi connectivity index (χ1v) is 11.8. The summed E-state index contributed by atoms with van der Waals surface area (Å²) in [4.78, 5) is 13.6. The summed E-state index contributed by atoms with van der Waals surface area (Å²) in [6.45, 7) is 0. The lowest BCUT2D eigenvalue weighted by atomic mass is 9.77. The van der Waals surface area contributed by atoms with E-state index < -0.39 is 41.4 Å². The van der Waals surface area contributed by atoms with E-state index in [1.54, 1.807) is 30.3 Å². The maximum Gasteiger partial charge on any atom is 0.461 e. The van der Waals surface area contributed by atoms with E-state index in [9.17, 15) is 36.4 Å². The Morgan fingerprint density at radius 1 is 0.850 bits per heavy atom. The Kier molecular flexibility index (Phi) is 8.14. The quantitative estimate of drug-likeness (QED) is 0.227. The third kappa shape index (κ3) is 6.26. The van der Waals surface area contributed by atoms with Crippen LogP contribution in [0.2, 0.25) is 0 Å². The molecule has 4 aromatic rings. The molecule has 40 heavy (non-hydrogen) atoms. The minimum atomic E-state index is -4.93. The van der Waals surface area contributed by atoms with Gasteiger partial charge in [-0.3, -0.25) is 4.79 Å². The van der Waals surface area contributed by atoms with Crippen molar-refractivity contribution in [1.29, 1.82) is 5.26 Å². The smallest absolute Gasteiger partial charge is 0.428 e. The average Bonchev–Trinajstić information content (AvgIpc) is 2.93. The van der Waals surface area contributed by atoms with Crippen LogP contribution in [0.15, 0.2) is 97.1 Å². The van der Waals surface area contributed by atoms with Gasteiger partial charge in [0.25, 0.3) is 5.91 Å². The van der Waals surface area contributed by atoms with Crippen molar-refractivity contribution in [3.8, 4) is 11.8 Å². The molecule has 0 aromatic heterocycles. The van der Waals surface area contributed by atoms with E-state index >= 15 is 0 Å². The van der Waals surface area contributed by atoms with Crippen molar-refractivity contribution >= 4 is 5.91 Å². The molecule has 0 fully saturated rings. The number of benzene rings is 4. The molecule has 0 spiro atoms. The minimum Gasteiger partial charge on any atom is -0.428 e. The van der Waals surface area contributed by atoms with E-state index in [2.05, 4.69) is 10.1 Å². The highest BCUT2D eigenvalue weighted by Gasteiger charge is 2.45. The van der Waals surface area contributed by atoms with Gasteiger partial charge in [0.1, 0.15) is 17.4 Å². The van der Waals surface area contributed by atoms with E-state index in [1.807, 2.05) is 6.07 Å². The SMILES string of the molecule is N#Cc1cccc(C(=O)N[C@](Cc2ccccc2)(c2ccc(F)cc2)c2cc(F)cc(OC(F)(F)C(F)F)c2)c1. The summed E-state index contributed by atoms with van der Waals surface area (Å²) in [7, 11) is 0. The van der Waals surface area contributed by atoms with Crippen molar-refractivity contribution in [2.24, 2.45) is 0 Å². The highest BCUT2D eigenvalue weighted by atomic mass is 19.3. The topological polar surface area (TPSA) is 62.1 Å². The molecule has 1 amide bonds. The molecule has 1 atom stereocenters. The van der Waals surface area contributed by atoms with Gasteiger partial charge in [0, 0.05) is 18.1 Å². The number of nitrogens with zero attached hydrogens (tertiary/aromatic N) is 1. The average molecular weight is 554 g/mol. The van der Waals surface area contributed by atoms with Gasteiger partial charge in [-0.25, -0.2) is 8.78 Å². The summed E-state index contributed by atoms with van der Waals surface area (Å²) in [5, 5.41) is 12.1. The Bertz CT molecular complexity index is 1540. The normalized spacial score (nSPS) is 12.8. The molecule has 0 unspecified atom stereocenters. The number of nitriles is 1. The second-order valence-electron chi connectivity index (χ2n) is 8.86. The Morgan fingerprint density at radius 3 is 2.20 bits per heavy atom. The molecule has 4 nitrogen and oxygen atoms in total. The molecule has 4 aromatic carbocycles. The maximum atomic E-state index is 14.9. The first-order chi connectivity index (χ1) is 19.0. The predicted octanol–water partition coefficient (Wildman–Crippen LogP) is 6.99. The van der Waals surface area contributed by atoms with Gasteiger partial charge in [0.15, 0.2) is 0 Å². The third-order valence-corrected chi connectivity index (χ3v) is 6.10. The van der Waals surface area contributed by atoms with Crippen LogP contribution in [0.25, 0.3) is 0 Å². The largest absolute Gasteiger partial charge is 0.461 e. The number of carbonyl (C=O) groups is 1. The molecule has 0 bridgehead atoms. The van der Waals surface area contributed by atoms with Crippen molar-refractivity contribution in [2.45, 2.75) is 24.5 Å². The lowest BCUT2D eigenvalue weighted by Crippen LogP contribution is -2.48. The predicted molar refractivity (Wildman–Crippen MR) is 134 cm³/mol. The third-order valence-electron chi connectivity index (χ3n) is 6.10. The lowest BCUT2D eigenvalue weighted by molar-refractivity contribution is -0.253. The fraction of sp³-hybridized carbons (Fsp3) is 0.133. The monoisotopic (exact) mass is 554 g/mol. The van der Waals surface area contributed by atoms with Crippen molar-refractivity contribution in [3.05, 3.63) is 137 Å². The summed E-state index contributed by atoms with van der Waals surface area (Å²) >= 11 is 0. The van der Waals surface area contributed by atoms with Gasteiger partial charge in [-0.2, -0.15) is 22.8 Å². The summed E-state index contributed by atoms with van der Waals surface area (Å²) in [6.07, 6.45) is -9.22. The molecular formula is C30H20F6N2O2. The fourth-order valence-electron chi connectivity index (χ4n) is 4.26. The number of ether oxygens (including phenoxy) is 1. The first kappa shape index (κ1) is 28.2. The second kappa shape index (κ2) is 11.5. The zero-order chi connectivity index (χ0) is 28.9. The Hall–Kier alpha value is -4.78. The zero-order valence-corrected chi connectivity index (χ0v) is 20.6. The first-order valence-electron chi connectivity index (χ1n) is 11.8. The van der Waals surface area contributed by atoms with Crippen LogP contribution in [0.1, 0.15) is 32.6 Å². The van der Waals surface area contributed by atoms with E-state index in [4.69, 9.17) is 0 Å². The Balaban J connectivity index is 1.95. The van der Waals surface area contributed by atoms with Crippen molar-refractivity contribution < 1.29 is 35.9 Å². The number of carbonyl (C=O) groups excluding carboxylic acids is 1. The van der Waals surface area contributed by atoms with E-state index in [-0.39, 0.29) is 28.7 Å². The number of alkyl halides is 4. The van der Waals surface area contributed by atoms with E-state index in [1.165, 1.54) is 36.4 Å². The van der Waals surface area contributed by atoms with Crippen LogP contribution in [0.3, 0.4) is 0 Å². The molecule has 4 rings (SSSR count). The van der Waals surface area contributed by atoms with Crippen LogP contribution in [-0.2, 0) is 12.0 Å². The van der Waals surface area contributed by atoms with Crippen molar-refractivity contribution in [2.75, 3.05) is 0 Å². The van der Waals surface area contributed by atoms with Crippen LogP contribution in [0.5, 0.6) is 5.75 Å².